The maximum Gasteiger partial charge on any atom is 0.269 e. The van der Waals surface area contributed by atoms with Gasteiger partial charge in [-0.25, -0.2) is 14.7 Å². The molecule has 0 amide bonds. The molecule has 1 saturated heterocycles. The minimum absolute atomic E-state index is 0.0173. The molecule has 3 aliphatic rings. The number of aliphatic imine (C=N–C) groups is 2. The van der Waals surface area contributed by atoms with Gasteiger partial charge < -0.3 is 14.5 Å². The van der Waals surface area contributed by atoms with Crippen molar-refractivity contribution < 1.29 is 9.66 Å². The number of benzene rings is 3. The number of fused-ring (bicyclic) bond motifs is 4. The molecule has 3 aliphatic heterocycles. The summed E-state index contributed by atoms with van der Waals surface area (Å²) in [4.78, 5) is 25.7. The summed E-state index contributed by atoms with van der Waals surface area (Å²) >= 11 is 6.31. The second kappa shape index (κ2) is 9.58. The molecule has 0 bridgehead atoms. The van der Waals surface area contributed by atoms with Crippen LogP contribution >= 0.6 is 11.6 Å². The fourth-order valence-electron chi connectivity index (χ4n) is 5.54. The molecule has 0 N–H and O–H groups in total. The number of nitro benzene ring substituents is 1. The first-order chi connectivity index (χ1) is 19.5. The van der Waals surface area contributed by atoms with E-state index in [1.807, 2.05) is 49.4 Å². The summed E-state index contributed by atoms with van der Waals surface area (Å²) in [6, 6.07) is 22.0. The van der Waals surface area contributed by atoms with Crippen LogP contribution in [0, 0.1) is 17.0 Å². The van der Waals surface area contributed by atoms with Crippen LogP contribution in [0.4, 0.5) is 22.9 Å². The summed E-state index contributed by atoms with van der Waals surface area (Å²) in [5.74, 6) is 2.16. The van der Waals surface area contributed by atoms with E-state index in [0.29, 0.717) is 42.8 Å². The molecule has 7 rings (SSSR count). The van der Waals surface area contributed by atoms with Crippen molar-refractivity contribution in [3.8, 4) is 5.69 Å². The van der Waals surface area contributed by atoms with Crippen LogP contribution in [0.25, 0.3) is 5.69 Å². The van der Waals surface area contributed by atoms with Crippen LogP contribution in [0.3, 0.4) is 0 Å². The van der Waals surface area contributed by atoms with E-state index in [1.165, 1.54) is 12.1 Å². The maximum absolute atomic E-state index is 11.3. The fraction of sp³-hybridized carbons (Fsp3) is 0.207. The highest BCUT2D eigenvalue weighted by Crippen LogP contribution is 2.48. The number of ether oxygens (including phenoxy) is 1. The summed E-state index contributed by atoms with van der Waals surface area (Å²) < 4.78 is 7.40. The predicted octanol–water partition coefficient (Wildman–Crippen LogP) is 5.76. The number of non-ortho nitro benzene ring substituents is 1. The van der Waals surface area contributed by atoms with Crippen LogP contribution in [-0.2, 0) is 4.74 Å². The van der Waals surface area contributed by atoms with Gasteiger partial charge in [-0.2, -0.15) is 5.10 Å². The molecule has 40 heavy (non-hydrogen) atoms. The molecule has 3 aromatic carbocycles. The third-order valence-electron chi connectivity index (χ3n) is 7.42. The van der Waals surface area contributed by atoms with Crippen molar-refractivity contribution in [2.75, 3.05) is 31.2 Å². The molecule has 1 fully saturated rings. The van der Waals surface area contributed by atoms with Crippen molar-refractivity contribution in [1.82, 2.24) is 14.7 Å². The van der Waals surface area contributed by atoms with Crippen molar-refractivity contribution in [2.45, 2.75) is 13.0 Å². The number of para-hydroxylation sites is 2. The highest BCUT2D eigenvalue weighted by atomic mass is 35.5. The molecular weight excluding hydrogens is 530 g/mol. The van der Waals surface area contributed by atoms with Crippen LogP contribution in [0.1, 0.15) is 22.9 Å². The second-order valence-electron chi connectivity index (χ2n) is 9.79. The summed E-state index contributed by atoms with van der Waals surface area (Å²) in [5.41, 5.74) is 5.30. The van der Waals surface area contributed by atoms with E-state index in [-0.39, 0.29) is 11.7 Å². The molecule has 200 valence electrons. The number of nitro groups is 1. The van der Waals surface area contributed by atoms with Crippen LogP contribution in [0.15, 0.2) is 82.8 Å². The molecule has 0 radical (unpaired) electrons. The van der Waals surface area contributed by atoms with E-state index in [9.17, 15) is 10.1 Å². The Kier molecular flexibility index (Phi) is 5.87. The van der Waals surface area contributed by atoms with Gasteiger partial charge in [0.05, 0.1) is 46.9 Å². The first-order valence-corrected chi connectivity index (χ1v) is 13.4. The molecule has 11 heteroatoms. The molecule has 0 saturated carbocycles. The largest absolute Gasteiger partial charge is 0.378 e. The van der Waals surface area contributed by atoms with Gasteiger partial charge in [-0.1, -0.05) is 35.9 Å². The third kappa shape index (κ3) is 3.95. The molecule has 4 heterocycles. The Hall–Kier alpha value is -4.54. The molecule has 0 unspecified atom stereocenters. The summed E-state index contributed by atoms with van der Waals surface area (Å²) in [7, 11) is 0. The lowest BCUT2D eigenvalue weighted by molar-refractivity contribution is -0.384. The van der Waals surface area contributed by atoms with Gasteiger partial charge in [0, 0.05) is 35.8 Å². The number of morpholine rings is 1. The lowest BCUT2D eigenvalue weighted by Gasteiger charge is -2.43. The Bertz CT molecular complexity index is 1690. The number of aromatic nitrogens is 2. The zero-order valence-electron chi connectivity index (χ0n) is 21.6. The van der Waals surface area contributed by atoms with Gasteiger partial charge in [-0.15, -0.1) is 0 Å². The van der Waals surface area contributed by atoms with Crippen LogP contribution in [0.2, 0.25) is 5.02 Å². The van der Waals surface area contributed by atoms with Gasteiger partial charge in [0.2, 0.25) is 0 Å². The van der Waals surface area contributed by atoms with Crippen LogP contribution in [-0.4, -0.2) is 57.6 Å². The van der Waals surface area contributed by atoms with Gasteiger partial charge in [0.1, 0.15) is 0 Å². The molecular formula is C29H24ClN7O3. The quantitative estimate of drug-likeness (QED) is 0.236. The predicted molar refractivity (Wildman–Crippen MR) is 154 cm³/mol. The smallest absolute Gasteiger partial charge is 0.269 e. The van der Waals surface area contributed by atoms with Gasteiger partial charge >= 0.3 is 0 Å². The summed E-state index contributed by atoms with van der Waals surface area (Å²) in [6.07, 6.45) is 0. The van der Waals surface area contributed by atoms with Gasteiger partial charge in [0.15, 0.2) is 17.5 Å². The Labute approximate surface area is 234 Å². The average molecular weight is 554 g/mol. The Morgan fingerprint density at radius 1 is 0.950 bits per heavy atom. The monoisotopic (exact) mass is 553 g/mol. The number of nitrogens with zero attached hydrogens (tertiary/aromatic N) is 7. The molecule has 1 atom stereocenters. The number of hydrogen-bond donors (Lipinski definition) is 0. The molecule has 10 nitrogen and oxygen atoms in total. The Morgan fingerprint density at radius 2 is 1.68 bits per heavy atom. The maximum atomic E-state index is 11.3. The molecule has 1 aromatic heterocycles. The number of halogens is 1. The fourth-order valence-corrected chi connectivity index (χ4v) is 5.67. The lowest BCUT2D eigenvalue weighted by Crippen LogP contribution is -2.52. The van der Waals surface area contributed by atoms with Crippen molar-refractivity contribution in [2.24, 2.45) is 9.98 Å². The van der Waals surface area contributed by atoms with Crippen LogP contribution < -0.4 is 4.90 Å². The first kappa shape index (κ1) is 24.5. The van der Waals surface area contributed by atoms with E-state index < -0.39 is 4.92 Å². The molecule has 0 spiro atoms. The zero-order chi connectivity index (χ0) is 27.4. The Balaban J connectivity index is 1.48. The summed E-state index contributed by atoms with van der Waals surface area (Å²) in [6.45, 7) is 4.59. The highest BCUT2D eigenvalue weighted by molar-refractivity contribution is 6.48. The van der Waals surface area contributed by atoms with E-state index in [1.54, 1.807) is 16.8 Å². The molecule has 4 aromatic rings. The molecule has 0 aliphatic carbocycles. The topological polar surface area (TPSA) is 101 Å². The van der Waals surface area contributed by atoms with Crippen molar-refractivity contribution in [3.05, 3.63) is 105 Å². The lowest BCUT2D eigenvalue weighted by atomic mass is 9.93. The van der Waals surface area contributed by atoms with Crippen molar-refractivity contribution in [1.29, 1.82) is 0 Å². The summed E-state index contributed by atoms with van der Waals surface area (Å²) in [5, 5.41) is 16.8. The van der Waals surface area contributed by atoms with Gasteiger partial charge in [-0.05, 0) is 48.9 Å². The first-order valence-electron chi connectivity index (χ1n) is 13.0. The second-order valence-corrected chi connectivity index (χ2v) is 10.2. The average Bonchev–Trinajstić information content (AvgIpc) is 3.32. The number of amidine groups is 2. The van der Waals surface area contributed by atoms with Gasteiger partial charge in [-0.3, -0.25) is 10.1 Å². The minimum atomic E-state index is -0.410. The SMILES string of the molecule is Cc1nn(-c2ccc([N+](=O)[O-])cc2)c2c1[C@H](c1ccc(Cl)cc1)N1C(=N2)C(N2CCOCC2)=Nc2ccccc21. The third-order valence-corrected chi connectivity index (χ3v) is 7.67. The number of anilines is 1. The van der Waals surface area contributed by atoms with E-state index >= 15 is 0 Å². The number of hydrogen-bond acceptors (Lipinski definition) is 8. The number of rotatable bonds is 3. The van der Waals surface area contributed by atoms with Crippen LogP contribution in [0.5, 0.6) is 0 Å². The van der Waals surface area contributed by atoms with E-state index in [2.05, 4.69) is 15.9 Å². The number of aryl methyl sites for hydroxylation is 1. The standard InChI is InChI=1S/C29H24ClN7O3/c1-18-25-26(19-6-8-20(30)9-7-19)35-24-5-3-2-4-23(24)31-28(34-14-16-40-17-15-34)29(35)32-27(25)36(33-18)21-10-12-22(13-11-21)37(38)39/h2-13,26H,14-17H2,1H3/t26-/m0/s1. The Morgan fingerprint density at radius 3 is 2.40 bits per heavy atom. The highest BCUT2D eigenvalue weighted by Gasteiger charge is 2.42. The van der Waals surface area contributed by atoms with E-state index in [0.717, 1.165) is 39.9 Å². The zero-order valence-corrected chi connectivity index (χ0v) is 22.3. The van der Waals surface area contributed by atoms with Crippen molar-refractivity contribution >= 4 is 46.2 Å². The normalized spacial score (nSPS) is 17.9. The van der Waals surface area contributed by atoms with E-state index in [4.69, 9.17) is 31.4 Å². The van der Waals surface area contributed by atoms with Gasteiger partial charge in [0.25, 0.3) is 5.69 Å². The van der Waals surface area contributed by atoms with Crippen molar-refractivity contribution in [3.63, 3.8) is 0 Å². The minimum Gasteiger partial charge on any atom is -0.378 e.